The molecule has 2 unspecified atom stereocenters. The van der Waals surface area contributed by atoms with Gasteiger partial charge < -0.3 is 9.84 Å². The van der Waals surface area contributed by atoms with Crippen LogP contribution < -0.4 is 0 Å². The van der Waals surface area contributed by atoms with Gasteiger partial charge in [-0.1, -0.05) is 32.6 Å². The SMILES string of the molecule is CCC(C)(C)OC1CCCCCCC1O. The molecule has 0 aromatic carbocycles. The van der Waals surface area contributed by atoms with Crippen LogP contribution in [0.4, 0.5) is 0 Å². The van der Waals surface area contributed by atoms with Gasteiger partial charge in [0.15, 0.2) is 0 Å². The maximum Gasteiger partial charge on any atom is 0.0841 e. The summed E-state index contributed by atoms with van der Waals surface area (Å²) >= 11 is 0. The average Bonchev–Trinajstić information content (AvgIpc) is 2.18. The van der Waals surface area contributed by atoms with E-state index in [1.807, 2.05) is 0 Å². The van der Waals surface area contributed by atoms with Gasteiger partial charge in [0.2, 0.25) is 0 Å². The molecule has 0 spiro atoms. The number of rotatable bonds is 3. The van der Waals surface area contributed by atoms with Crippen LogP contribution in [-0.2, 0) is 4.74 Å². The van der Waals surface area contributed by atoms with Gasteiger partial charge in [-0.05, 0) is 33.1 Å². The third-order valence-electron chi connectivity index (χ3n) is 3.49. The van der Waals surface area contributed by atoms with Gasteiger partial charge in [0.1, 0.15) is 0 Å². The van der Waals surface area contributed by atoms with E-state index >= 15 is 0 Å². The first kappa shape index (κ1) is 13.0. The normalized spacial score (nSPS) is 29.6. The van der Waals surface area contributed by atoms with Crippen molar-refractivity contribution in [3.63, 3.8) is 0 Å². The second-order valence-electron chi connectivity index (χ2n) is 5.33. The summed E-state index contributed by atoms with van der Waals surface area (Å²) in [5, 5.41) is 10.0. The molecule has 0 aliphatic heterocycles. The van der Waals surface area contributed by atoms with Crippen LogP contribution in [0.25, 0.3) is 0 Å². The fraction of sp³-hybridized carbons (Fsp3) is 1.00. The maximum atomic E-state index is 10.0. The standard InChI is InChI=1S/C13H26O2/c1-4-13(2,3)15-12-10-8-6-5-7-9-11(12)14/h11-12,14H,4-10H2,1-3H3. The van der Waals surface area contributed by atoms with Crippen LogP contribution in [0.1, 0.15) is 65.7 Å². The molecule has 0 radical (unpaired) electrons. The summed E-state index contributed by atoms with van der Waals surface area (Å²) in [5.41, 5.74) is -0.0924. The molecule has 90 valence electrons. The molecule has 0 aromatic heterocycles. The van der Waals surface area contributed by atoms with Crippen molar-refractivity contribution < 1.29 is 9.84 Å². The molecule has 2 nitrogen and oxygen atoms in total. The summed E-state index contributed by atoms with van der Waals surface area (Å²) in [7, 11) is 0. The van der Waals surface area contributed by atoms with E-state index in [0.29, 0.717) is 0 Å². The van der Waals surface area contributed by atoms with Crippen molar-refractivity contribution in [3.8, 4) is 0 Å². The Bertz CT molecular complexity index is 177. The zero-order valence-corrected chi connectivity index (χ0v) is 10.5. The van der Waals surface area contributed by atoms with Crippen molar-refractivity contribution >= 4 is 0 Å². The molecule has 0 amide bonds. The van der Waals surface area contributed by atoms with E-state index < -0.39 is 0 Å². The lowest BCUT2D eigenvalue weighted by Gasteiger charge is -2.33. The highest BCUT2D eigenvalue weighted by atomic mass is 16.5. The van der Waals surface area contributed by atoms with Crippen LogP contribution in [0.3, 0.4) is 0 Å². The minimum absolute atomic E-state index is 0.0558. The molecule has 1 N–H and O–H groups in total. The molecule has 1 aliphatic carbocycles. The Kier molecular flexibility index (Phi) is 5.07. The van der Waals surface area contributed by atoms with E-state index in [-0.39, 0.29) is 17.8 Å². The number of aliphatic hydroxyl groups excluding tert-OH is 1. The number of hydrogen-bond donors (Lipinski definition) is 1. The van der Waals surface area contributed by atoms with Gasteiger partial charge in [-0.2, -0.15) is 0 Å². The minimum atomic E-state index is -0.254. The summed E-state index contributed by atoms with van der Waals surface area (Å²) < 4.78 is 6.03. The molecule has 2 atom stereocenters. The summed E-state index contributed by atoms with van der Waals surface area (Å²) in [5.74, 6) is 0. The number of ether oxygens (including phenoxy) is 1. The molecule has 0 saturated heterocycles. The third kappa shape index (κ3) is 4.52. The highest BCUT2D eigenvalue weighted by Gasteiger charge is 2.27. The summed E-state index contributed by atoms with van der Waals surface area (Å²) in [6.45, 7) is 6.35. The van der Waals surface area contributed by atoms with Crippen LogP contribution in [0, 0.1) is 0 Å². The van der Waals surface area contributed by atoms with Crippen LogP contribution in [0.2, 0.25) is 0 Å². The van der Waals surface area contributed by atoms with Crippen molar-refractivity contribution in [1.29, 1.82) is 0 Å². The molecule has 2 heteroatoms. The molecule has 1 fully saturated rings. The molecule has 1 saturated carbocycles. The Morgan fingerprint density at radius 2 is 1.73 bits per heavy atom. The predicted molar refractivity (Wildman–Crippen MR) is 63.0 cm³/mol. The summed E-state index contributed by atoms with van der Waals surface area (Å²) in [6.07, 6.45) is 7.62. The zero-order chi connectivity index (χ0) is 11.3. The minimum Gasteiger partial charge on any atom is -0.390 e. The van der Waals surface area contributed by atoms with Crippen LogP contribution in [0.5, 0.6) is 0 Å². The fourth-order valence-electron chi connectivity index (χ4n) is 2.06. The van der Waals surface area contributed by atoms with Gasteiger partial charge >= 0.3 is 0 Å². The molecule has 1 aliphatic rings. The highest BCUT2D eigenvalue weighted by molar-refractivity contribution is 4.77. The van der Waals surface area contributed by atoms with Crippen LogP contribution >= 0.6 is 0 Å². The second-order valence-corrected chi connectivity index (χ2v) is 5.33. The van der Waals surface area contributed by atoms with Gasteiger partial charge in [0.05, 0.1) is 17.8 Å². The first-order chi connectivity index (χ1) is 7.05. The smallest absolute Gasteiger partial charge is 0.0841 e. The van der Waals surface area contributed by atoms with Gasteiger partial charge in [0.25, 0.3) is 0 Å². The maximum absolute atomic E-state index is 10.0. The van der Waals surface area contributed by atoms with E-state index in [0.717, 1.165) is 25.7 Å². The molecular weight excluding hydrogens is 188 g/mol. The Morgan fingerprint density at radius 3 is 2.33 bits per heavy atom. The van der Waals surface area contributed by atoms with Gasteiger partial charge in [-0.25, -0.2) is 0 Å². The summed E-state index contributed by atoms with van der Waals surface area (Å²) in [4.78, 5) is 0. The van der Waals surface area contributed by atoms with E-state index in [4.69, 9.17) is 4.74 Å². The monoisotopic (exact) mass is 214 g/mol. The lowest BCUT2D eigenvalue weighted by atomic mass is 9.95. The van der Waals surface area contributed by atoms with E-state index in [2.05, 4.69) is 20.8 Å². The van der Waals surface area contributed by atoms with Crippen molar-refractivity contribution in [3.05, 3.63) is 0 Å². The topological polar surface area (TPSA) is 29.5 Å². The molecule has 0 heterocycles. The van der Waals surface area contributed by atoms with E-state index in [9.17, 15) is 5.11 Å². The molecular formula is C13H26O2. The lowest BCUT2D eigenvalue weighted by Crippen LogP contribution is -2.38. The van der Waals surface area contributed by atoms with Gasteiger partial charge in [-0.15, -0.1) is 0 Å². The van der Waals surface area contributed by atoms with Crippen molar-refractivity contribution in [2.45, 2.75) is 83.5 Å². The quantitative estimate of drug-likeness (QED) is 0.781. The lowest BCUT2D eigenvalue weighted by molar-refractivity contribution is -0.127. The second kappa shape index (κ2) is 5.86. The largest absolute Gasteiger partial charge is 0.390 e. The van der Waals surface area contributed by atoms with Crippen molar-refractivity contribution in [2.75, 3.05) is 0 Å². The van der Waals surface area contributed by atoms with E-state index in [1.54, 1.807) is 0 Å². The van der Waals surface area contributed by atoms with Crippen LogP contribution in [0.15, 0.2) is 0 Å². The van der Waals surface area contributed by atoms with Crippen molar-refractivity contribution in [2.24, 2.45) is 0 Å². The first-order valence-corrected chi connectivity index (χ1v) is 6.41. The number of aliphatic hydroxyl groups is 1. The third-order valence-corrected chi connectivity index (χ3v) is 3.49. The van der Waals surface area contributed by atoms with Gasteiger partial charge in [0, 0.05) is 0 Å². The molecule has 0 aromatic rings. The first-order valence-electron chi connectivity index (χ1n) is 6.41. The predicted octanol–water partition coefficient (Wildman–Crippen LogP) is 3.28. The Labute approximate surface area is 94.0 Å². The Balaban J connectivity index is 2.48. The Morgan fingerprint density at radius 1 is 1.13 bits per heavy atom. The summed E-state index contributed by atoms with van der Waals surface area (Å²) in [6, 6.07) is 0. The average molecular weight is 214 g/mol. The van der Waals surface area contributed by atoms with Crippen LogP contribution in [-0.4, -0.2) is 22.9 Å². The fourth-order valence-corrected chi connectivity index (χ4v) is 2.06. The van der Waals surface area contributed by atoms with Gasteiger partial charge in [-0.3, -0.25) is 0 Å². The van der Waals surface area contributed by atoms with Crippen molar-refractivity contribution in [1.82, 2.24) is 0 Å². The highest BCUT2D eigenvalue weighted by Crippen LogP contribution is 2.25. The molecule has 1 rings (SSSR count). The van der Waals surface area contributed by atoms with E-state index in [1.165, 1.54) is 19.3 Å². The zero-order valence-electron chi connectivity index (χ0n) is 10.5. The molecule has 15 heavy (non-hydrogen) atoms. The molecule has 0 bridgehead atoms. The number of hydrogen-bond acceptors (Lipinski definition) is 2. The Hall–Kier alpha value is -0.0800.